The summed E-state index contributed by atoms with van der Waals surface area (Å²) in [4.78, 5) is 13.9. The van der Waals surface area contributed by atoms with Crippen LogP contribution in [0.1, 0.15) is 33.6 Å². The van der Waals surface area contributed by atoms with Gasteiger partial charge in [0.15, 0.2) is 0 Å². The van der Waals surface area contributed by atoms with Gasteiger partial charge in [-0.25, -0.2) is 0 Å². The first-order valence-corrected chi connectivity index (χ1v) is 6.82. The summed E-state index contributed by atoms with van der Waals surface area (Å²) in [7, 11) is 0. The highest BCUT2D eigenvalue weighted by Crippen LogP contribution is 2.10. The first kappa shape index (κ1) is 15.4. The summed E-state index contributed by atoms with van der Waals surface area (Å²) in [5.41, 5.74) is 0. The van der Waals surface area contributed by atoms with Gasteiger partial charge in [0.05, 0.1) is 25.9 Å². The molecule has 5 nitrogen and oxygen atoms in total. The van der Waals surface area contributed by atoms with Crippen LogP contribution in [-0.4, -0.2) is 60.4 Å². The van der Waals surface area contributed by atoms with Gasteiger partial charge in [0.1, 0.15) is 0 Å². The number of ether oxygens (including phenoxy) is 1. The fourth-order valence-electron chi connectivity index (χ4n) is 2.22. The molecule has 3 atom stereocenters. The van der Waals surface area contributed by atoms with Gasteiger partial charge in [0, 0.05) is 18.6 Å². The van der Waals surface area contributed by atoms with E-state index in [1.807, 2.05) is 13.8 Å². The van der Waals surface area contributed by atoms with Crippen molar-refractivity contribution in [3.8, 4) is 0 Å². The number of nitrogens with one attached hydrogen (secondary N) is 1. The Bertz CT molecular complexity index is 261. The van der Waals surface area contributed by atoms with Crippen LogP contribution in [0.25, 0.3) is 0 Å². The predicted octanol–water partition coefficient (Wildman–Crippen LogP) is 0.373. The minimum atomic E-state index is -0.165. The average molecular weight is 258 g/mol. The molecule has 0 radical (unpaired) electrons. The molecule has 1 aliphatic rings. The summed E-state index contributed by atoms with van der Waals surface area (Å²) in [5.74, 6) is 0.0568. The Kier molecular flexibility index (Phi) is 6.60. The van der Waals surface area contributed by atoms with E-state index in [2.05, 4.69) is 17.1 Å². The van der Waals surface area contributed by atoms with Gasteiger partial charge in [-0.05, 0) is 20.3 Å². The molecule has 2 N–H and O–H groups in total. The van der Waals surface area contributed by atoms with Gasteiger partial charge in [-0.1, -0.05) is 13.3 Å². The molecule has 0 spiro atoms. The van der Waals surface area contributed by atoms with Crippen LogP contribution in [0.15, 0.2) is 0 Å². The van der Waals surface area contributed by atoms with E-state index in [0.29, 0.717) is 19.7 Å². The number of rotatable bonds is 6. The first-order chi connectivity index (χ1) is 8.56. The van der Waals surface area contributed by atoms with Crippen molar-refractivity contribution >= 4 is 5.91 Å². The number of aliphatic hydroxyl groups excluding tert-OH is 1. The van der Waals surface area contributed by atoms with Gasteiger partial charge in [-0.2, -0.15) is 0 Å². The molecule has 18 heavy (non-hydrogen) atoms. The third-order valence-corrected chi connectivity index (χ3v) is 3.31. The smallest absolute Gasteiger partial charge is 0.234 e. The number of aliphatic hydroxyl groups is 1. The van der Waals surface area contributed by atoms with Crippen molar-refractivity contribution in [3.05, 3.63) is 0 Å². The summed E-state index contributed by atoms with van der Waals surface area (Å²) >= 11 is 0. The van der Waals surface area contributed by atoms with Gasteiger partial charge in [-0.15, -0.1) is 0 Å². The molecule has 1 amide bonds. The monoisotopic (exact) mass is 258 g/mol. The van der Waals surface area contributed by atoms with Crippen LogP contribution < -0.4 is 5.32 Å². The molecular weight excluding hydrogens is 232 g/mol. The van der Waals surface area contributed by atoms with Crippen molar-refractivity contribution in [2.45, 2.75) is 51.8 Å². The lowest BCUT2D eigenvalue weighted by Gasteiger charge is -2.37. The number of hydrogen-bond donors (Lipinski definition) is 2. The summed E-state index contributed by atoms with van der Waals surface area (Å²) in [6.45, 7) is 7.76. The molecule has 3 unspecified atom stereocenters. The van der Waals surface area contributed by atoms with Crippen molar-refractivity contribution in [2.75, 3.05) is 26.3 Å². The lowest BCUT2D eigenvalue weighted by molar-refractivity contribution is -0.128. The zero-order chi connectivity index (χ0) is 13.5. The highest BCUT2D eigenvalue weighted by Gasteiger charge is 2.27. The third kappa shape index (κ3) is 4.92. The molecule has 1 aliphatic heterocycles. The Morgan fingerprint density at radius 2 is 2.33 bits per heavy atom. The second kappa shape index (κ2) is 7.71. The van der Waals surface area contributed by atoms with E-state index in [1.165, 1.54) is 0 Å². The lowest BCUT2D eigenvalue weighted by Crippen LogP contribution is -2.53. The quantitative estimate of drug-likeness (QED) is 0.723. The van der Waals surface area contributed by atoms with E-state index in [4.69, 9.17) is 9.84 Å². The number of amides is 1. The van der Waals surface area contributed by atoms with Crippen LogP contribution in [0.4, 0.5) is 0 Å². The number of morpholine rings is 1. The second-order valence-electron chi connectivity index (χ2n) is 5.17. The van der Waals surface area contributed by atoms with Crippen LogP contribution in [0.2, 0.25) is 0 Å². The maximum atomic E-state index is 11.9. The topological polar surface area (TPSA) is 61.8 Å². The minimum Gasteiger partial charge on any atom is -0.394 e. The first-order valence-electron chi connectivity index (χ1n) is 6.82. The predicted molar refractivity (Wildman–Crippen MR) is 70.4 cm³/mol. The van der Waals surface area contributed by atoms with Crippen LogP contribution in [0.3, 0.4) is 0 Å². The molecule has 0 aliphatic carbocycles. The van der Waals surface area contributed by atoms with E-state index in [0.717, 1.165) is 12.8 Å². The number of carbonyl (C=O) groups is 1. The number of hydrogen-bond acceptors (Lipinski definition) is 4. The normalized spacial score (nSPS) is 26.9. The van der Waals surface area contributed by atoms with E-state index < -0.39 is 0 Å². The van der Waals surface area contributed by atoms with Gasteiger partial charge in [0.2, 0.25) is 5.91 Å². The molecule has 1 rings (SSSR count). The van der Waals surface area contributed by atoms with Crippen LogP contribution in [0.5, 0.6) is 0 Å². The fraction of sp³-hybridized carbons (Fsp3) is 0.923. The maximum Gasteiger partial charge on any atom is 0.234 e. The largest absolute Gasteiger partial charge is 0.394 e. The maximum absolute atomic E-state index is 11.9. The standard InChI is InChI=1S/C13H26N2O3/c1-4-5-10(2)14-13(17)7-15-6-12(8-16)18-9-11(15)3/h10-12,16H,4-9H2,1-3H3,(H,14,17). The highest BCUT2D eigenvalue weighted by atomic mass is 16.5. The van der Waals surface area contributed by atoms with Gasteiger partial charge >= 0.3 is 0 Å². The zero-order valence-electron chi connectivity index (χ0n) is 11.7. The van der Waals surface area contributed by atoms with E-state index in [9.17, 15) is 4.79 Å². The van der Waals surface area contributed by atoms with E-state index in [-0.39, 0.29) is 30.7 Å². The van der Waals surface area contributed by atoms with Crippen LogP contribution >= 0.6 is 0 Å². The van der Waals surface area contributed by atoms with E-state index >= 15 is 0 Å². The fourth-order valence-corrected chi connectivity index (χ4v) is 2.22. The molecule has 1 saturated heterocycles. The second-order valence-corrected chi connectivity index (χ2v) is 5.17. The molecule has 1 heterocycles. The van der Waals surface area contributed by atoms with Gasteiger partial charge in [0.25, 0.3) is 0 Å². The summed E-state index contributed by atoms with van der Waals surface area (Å²) in [5, 5.41) is 12.1. The molecule has 1 fully saturated rings. The summed E-state index contributed by atoms with van der Waals surface area (Å²) in [6.07, 6.45) is 1.91. The third-order valence-electron chi connectivity index (χ3n) is 3.31. The molecule has 0 aromatic carbocycles. The van der Waals surface area contributed by atoms with Crippen LogP contribution in [0, 0.1) is 0 Å². The Morgan fingerprint density at radius 3 is 2.94 bits per heavy atom. The highest BCUT2D eigenvalue weighted by molar-refractivity contribution is 5.78. The van der Waals surface area contributed by atoms with E-state index in [1.54, 1.807) is 0 Å². The molecule has 5 heteroatoms. The SMILES string of the molecule is CCCC(C)NC(=O)CN1CC(CO)OCC1C. The van der Waals surface area contributed by atoms with Gasteiger partial charge in [-0.3, -0.25) is 9.69 Å². The van der Waals surface area contributed by atoms with Crippen LogP contribution in [-0.2, 0) is 9.53 Å². The summed E-state index contributed by atoms with van der Waals surface area (Å²) in [6, 6.07) is 0.451. The van der Waals surface area contributed by atoms with Crippen molar-refractivity contribution in [3.63, 3.8) is 0 Å². The van der Waals surface area contributed by atoms with Crippen molar-refractivity contribution in [1.82, 2.24) is 10.2 Å². The average Bonchev–Trinajstić information content (AvgIpc) is 2.32. The number of nitrogens with zero attached hydrogens (tertiary/aromatic N) is 1. The molecular formula is C13H26N2O3. The van der Waals surface area contributed by atoms with Crippen molar-refractivity contribution in [2.24, 2.45) is 0 Å². The number of carbonyl (C=O) groups excluding carboxylic acids is 1. The van der Waals surface area contributed by atoms with Crippen molar-refractivity contribution < 1.29 is 14.6 Å². The minimum absolute atomic E-state index is 0.0110. The molecule has 106 valence electrons. The molecule has 0 aromatic rings. The van der Waals surface area contributed by atoms with Gasteiger partial charge < -0.3 is 15.2 Å². The summed E-state index contributed by atoms with van der Waals surface area (Å²) < 4.78 is 5.45. The Hall–Kier alpha value is -0.650. The Morgan fingerprint density at radius 1 is 1.61 bits per heavy atom. The Labute approximate surface area is 109 Å². The molecule has 0 bridgehead atoms. The molecule has 0 saturated carbocycles. The lowest BCUT2D eigenvalue weighted by atomic mass is 10.2. The van der Waals surface area contributed by atoms with Crippen molar-refractivity contribution in [1.29, 1.82) is 0 Å². The molecule has 0 aromatic heterocycles. The zero-order valence-corrected chi connectivity index (χ0v) is 11.7. The Balaban J connectivity index is 2.37.